The van der Waals surface area contributed by atoms with Gasteiger partial charge in [-0.1, -0.05) is 23.2 Å². The van der Waals surface area contributed by atoms with E-state index in [1.165, 1.54) is 11.3 Å². The van der Waals surface area contributed by atoms with Crippen LogP contribution in [0, 0.1) is 32.6 Å². The summed E-state index contributed by atoms with van der Waals surface area (Å²) in [7, 11) is 0. The smallest absolute Gasteiger partial charge is 0.261 e. The predicted molar refractivity (Wildman–Crippen MR) is 77.0 cm³/mol. The van der Waals surface area contributed by atoms with E-state index in [1.54, 1.807) is 13.1 Å². The molecule has 2 aromatic rings. The number of anilines is 1. The molecule has 6 heteroatoms. The first-order valence-corrected chi connectivity index (χ1v) is 6.78. The molecule has 2 aromatic heterocycles. The summed E-state index contributed by atoms with van der Waals surface area (Å²) in [6.45, 7) is 5.23. The van der Waals surface area contributed by atoms with E-state index >= 15 is 0 Å². The van der Waals surface area contributed by atoms with E-state index in [0.717, 1.165) is 11.3 Å². The molecule has 0 aliphatic heterocycles. The van der Waals surface area contributed by atoms with Crippen LogP contribution in [0.25, 0.3) is 0 Å². The number of furan rings is 1. The lowest BCUT2D eigenvalue weighted by Crippen LogP contribution is -2.13. The normalized spacial score (nSPS) is 10.0. The highest BCUT2D eigenvalue weighted by molar-refractivity contribution is 7.16. The van der Waals surface area contributed by atoms with Crippen LogP contribution in [0.5, 0.6) is 0 Å². The lowest BCUT2D eigenvalue weighted by atomic mass is 10.1. The van der Waals surface area contributed by atoms with E-state index in [2.05, 4.69) is 22.1 Å². The minimum absolute atomic E-state index is 0.202. The Kier molecular flexibility index (Phi) is 4.23. The molecule has 0 fully saturated rings. The van der Waals surface area contributed by atoms with Crippen molar-refractivity contribution < 1.29 is 14.3 Å². The van der Waals surface area contributed by atoms with Gasteiger partial charge in [0.1, 0.15) is 18.1 Å². The number of amides is 1. The fourth-order valence-electron chi connectivity index (χ4n) is 1.80. The van der Waals surface area contributed by atoms with Crippen molar-refractivity contribution in [2.75, 3.05) is 11.9 Å². The second-order valence-corrected chi connectivity index (χ2v) is 5.19. The first kappa shape index (κ1) is 14.3. The number of nitrogens with one attached hydrogen (secondary N) is 1. The van der Waals surface area contributed by atoms with Crippen LogP contribution >= 0.6 is 11.3 Å². The molecule has 2 rings (SSSR count). The first-order valence-electron chi connectivity index (χ1n) is 5.96. The van der Waals surface area contributed by atoms with E-state index in [4.69, 9.17) is 9.52 Å². The molecule has 0 aliphatic rings. The number of hydrogen-bond donors (Lipinski definition) is 2. The topological polar surface area (TPSA) is 75.4 Å². The molecule has 0 bridgehead atoms. The Morgan fingerprint density at radius 1 is 1.45 bits per heavy atom. The Balaban J connectivity index is 2.17. The Labute approximate surface area is 120 Å². The number of thiazole rings is 1. The maximum atomic E-state index is 12.2. The summed E-state index contributed by atoms with van der Waals surface area (Å²) in [5.74, 6) is 6.36. The third-order valence-electron chi connectivity index (χ3n) is 2.81. The second-order valence-electron chi connectivity index (χ2n) is 4.16. The minimum Gasteiger partial charge on any atom is -0.466 e. The van der Waals surface area contributed by atoms with Gasteiger partial charge in [-0.15, -0.1) is 0 Å². The average Bonchev–Trinajstić information content (AvgIpc) is 2.93. The van der Waals surface area contributed by atoms with Crippen molar-refractivity contribution in [3.63, 3.8) is 0 Å². The van der Waals surface area contributed by atoms with E-state index in [0.29, 0.717) is 21.3 Å². The predicted octanol–water partition coefficient (Wildman–Crippen LogP) is 2.26. The minimum atomic E-state index is -0.243. The van der Waals surface area contributed by atoms with Crippen LogP contribution in [-0.4, -0.2) is 22.6 Å². The van der Waals surface area contributed by atoms with Gasteiger partial charge in [0.05, 0.1) is 16.6 Å². The van der Waals surface area contributed by atoms with Crippen LogP contribution in [0.4, 0.5) is 5.13 Å². The fourth-order valence-corrected chi connectivity index (χ4v) is 2.49. The number of rotatable bonds is 2. The monoisotopic (exact) mass is 290 g/mol. The molecular formula is C14H14N2O3S. The second kappa shape index (κ2) is 5.90. The van der Waals surface area contributed by atoms with E-state index in [1.807, 2.05) is 13.8 Å². The summed E-state index contributed by atoms with van der Waals surface area (Å²) in [6.07, 6.45) is 1.56. The Morgan fingerprint density at radius 3 is 2.80 bits per heavy atom. The SMILES string of the molecule is Cc1oc(C)c(C(=O)Nc2ncc(C#CCO)s2)c1C. The number of aromatic nitrogens is 1. The number of hydrogen-bond acceptors (Lipinski definition) is 5. The molecule has 0 saturated carbocycles. The van der Waals surface area contributed by atoms with Crippen LogP contribution < -0.4 is 5.32 Å². The largest absolute Gasteiger partial charge is 0.466 e. The summed E-state index contributed by atoms with van der Waals surface area (Å²) >= 11 is 1.26. The average molecular weight is 290 g/mol. The molecule has 0 saturated heterocycles. The van der Waals surface area contributed by atoms with E-state index in [9.17, 15) is 4.79 Å². The molecule has 0 radical (unpaired) electrons. The molecule has 20 heavy (non-hydrogen) atoms. The van der Waals surface area contributed by atoms with Gasteiger partial charge in [0.2, 0.25) is 0 Å². The number of aryl methyl sites for hydroxylation is 2. The molecule has 0 unspecified atom stereocenters. The summed E-state index contributed by atoms with van der Waals surface area (Å²) in [4.78, 5) is 17.0. The zero-order valence-corrected chi connectivity index (χ0v) is 12.2. The van der Waals surface area contributed by atoms with Gasteiger partial charge in [-0.25, -0.2) is 4.98 Å². The van der Waals surface area contributed by atoms with Gasteiger partial charge in [0.25, 0.3) is 5.91 Å². The summed E-state index contributed by atoms with van der Waals surface area (Å²) in [6, 6.07) is 0. The Bertz CT molecular complexity index is 704. The quantitative estimate of drug-likeness (QED) is 0.832. The molecule has 0 atom stereocenters. The fraction of sp³-hybridized carbons (Fsp3) is 0.286. The zero-order chi connectivity index (χ0) is 14.7. The van der Waals surface area contributed by atoms with Gasteiger partial charge < -0.3 is 9.52 Å². The van der Waals surface area contributed by atoms with Gasteiger partial charge in [0.15, 0.2) is 5.13 Å². The summed E-state index contributed by atoms with van der Waals surface area (Å²) < 4.78 is 5.43. The van der Waals surface area contributed by atoms with Gasteiger partial charge >= 0.3 is 0 Å². The lowest BCUT2D eigenvalue weighted by Gasteiger charge is -2.01. The van der Waals surface area contributed by atoms with E-state index in [-0.39, 0.29) is 12.5 Å². The van der Waals surface area contributed by atoms with Crippen LogP contribution in [-0.2, 0) is 0 Å². The van der Waals surface area contributed by atoms with Crippen molar-refractivity contribution in [3.8, 4) is 11.8 Å². The molecular weight excluding hydrogens is 276 g/mol. The van der Waals surface area contributed by atoms with Crippen LogP contribution in [0.1, 0.15) is 32.3 Å². The molecule has 2 heterocycles. The Hall–Kier alpha value is -2.10. The van der Waals surface area contributed by atoms with Crippen molar-refractivity contribution in [1.82, 2.24) is 4.98 Å². The summed E-state index contributed by atoms with van der Waals surface area (Å²) in [5, 5.41) is 11.8. The van der Waals surface area contributed by atoms with Crippen molar-refractivity contribution in [3.05, 3.63) is 33.7 Å². The van der Waals surface area contributed by atoms with Gasteiger partial charge in [0, 0.05) is 5.56 Å². The Morgan fingerprint density at radius 2 is 2.20 bits per heavy atom. The van der Waals surface area contributed by atoms with Crippen molar-refractivity contribution in [2.24, 2.45) is 0 Å². The number of aliphatic hydroxyl groups is 1. The third kappa shape index (κ3) is 2.90. The van der Waals surface area contributed by atoms with Crippen LogP contribution in [0.15, 0.2) is 10.6 Å². The molecule has 0 aromatic carbocycles. The molecule has 104 valence electrons. The van der Waals surface area contributed by atoms with Gasteiger partial charge in [-0.3, -0.25) is 10.1 Å². The molecule has 5 nitrogen and oxygen atoms in total. The molecule has 0 aliphatic carbocycles. The highest BCUT2D eigenvalue weighted by Gasteiger charge is 2.19. The number of aliphatic hydroxyl groups excluding tert-OH is 1. The highest BCUT2D eigenvalue weighted by atomic mass is 32.1. The highest BCUT2D eigenvalue weighted by Crippen LogP contribution is 2.23. The summed E-state index contributed by atoms with van der Waals surface area (Å²) in [5.41, 5.74) is 1.37. The van der Waals surface area contributed by atoms with Crippen molar-refractivity contribution in [2.45, 2.75) is 20.8 Å². The number of nitrogens with zero attached hydrogens (tertiary/aromatic N) is 1. The lowest BCUT2D eigenvalue weighted by molar-refractivity contribution is 0.102. The maximum absolute atomic E-state index is 12.2. The molecule has 1 amide bonds. The number of carbonyl (C=O) groups excluding carboxylic acids is 1. The first-order chi connectivity index (χ1) is 9.52. The van der Waals surface area contributed by atoms with Gasteiger partial charge in [-0.2, -0.15) is 0 Å². The molecule has 2 N–H and O–H groups in total. The van der Waals surface area contributed by atoms with Gasteiger partial charge in [-0.05, 0) is 20.8 Å². The van der Waals surface area contributed by atoms with Crippen molar-refractivity contribution in [1.29, 1.82) is 0 Å². The molecule has 0 spiro atoms. The third-order valence-corrected chi connectivity index (χ3v) is 3.63. The standard InChI is InChI=1S/C14H14N2O3S/c1-8-9(2)19-10(3)12(8)13(18)16-14-15-7-11(20-14)5-4-6-17/h7,17H,6H2,1-3H3,(H,15,16,18). The van der Waals surface area contributed by atoms with E-state index < -0.39 is 0 Å². The van der Waals surface area contributed by atoms with Crippen LogP contribution in [0.2, 0.25) is 0 Å². The zero-order valence-electron chi connectivity index (χ0n) is 11.4. The number of carbonyl (C=O) groups is 1. The maximum Gasteiger partial charge on any atom is 0.261 e. The van der Waals surface area contributed by atoms with Crippen LogP contribution in [0.3, 0.4) is 0 Å². The van der Waals surface area contributed by atoms with Crippen molar-refractivity contribution >= 4 is 22.4 Å².